The molecule has 5 heteroatoms. The molecule has 0 aliphatic heterocycles. The van der Waals surface area contributed by atoms with Gasteiger partial charge in [0.2, 0.25) is 0 Å². The van der Waals surface area contributed by atoms with E-state index in [2.05, 4.69) is 15.9 Å². The zero-order valence-corrected chi connectivity index (χ0v) is 11.4. The summed E-state index contributed by atoms with van der Waals surface area (Å²) in [5, 5.41) is 8.96. The molecule has 1 rings (SSSR count). The summed E-state index contributed by atoms with van der Waals surface area (Å²) in [4.78, 5) is 11.4. The Bertz CT molecular complexity index is 392. The van der Waals surface area contributed by atoms with Gasteiger partial charge in [-0.1, -0.05) is 6.07 Å². The second-order valence-electron chi connectivity index (χ2n) is 3.44. The molecular formula is C12H15BrO4. The van der Waals surface area contributed by atoms with E-state index in [1.165, 1.54) is 0 Å². The number of hydrogen-bond donors (Lipinski definition) is 1. The minimum absolute atomic E-state index is 0.0354. The van der Waals surface area contributed by atoms with Gasteiger partial charge in [0.05, 0.1) is 17.7 Å². The van der Waals surface area contributed by atoms with Gasteiger partial charge in [-0.05, 0) is 47.5 Å². The molecule has 0 bridgehead atoms. The normalized spacial score (nSPS) is 12.0. The molecule has 0 saturated heterocycles. The maximum atomic E-state index is 11.4. The lowest BCUT2D eigenvalue weighted by atomic mass is 10.2. The lowest BCUT2D eigenvalue weighted by Gasteiger charge is -2.14. The minimum Gasteiger partial charge on any atom is -0.478 e. The number of ether oxygens (including phenoxy) is 2. The summed E-state index contributed by atoms with van der Waals surface area (Å²) < 4.78 is 11.0. The van der Waals surface area contributed by atoms with Gasteiger partial charge >= 0.3 is 5.97 Å². The zero-order valence-electron chi connectivity index (χ0n) is 9.77. The number of hydrogen-bond acceptors (Lipinski definition) is 4. The van der Waals surface area contributed by atoms with Crippen LogP contribution in [0.25, 0.3) is 0 Å². The molecule has 1 atom stereocenters. The summed E-state index contributed by atoms with van der Waals surface area (Å²) in [6, 6.07) is 5.18. The second kappa shape index (κ2) is 6.61. The predicted octanol–water partition coefficient (Wildman–Crippen LogP) is 2.27. The Morgan fingerprint density at radius 1 is 1.53 bits per heavy atom. The molecule has 0 aliphatic rings. The highest BCUT2D eigenvalue weighted by Crippen LogP contribution is 2.27. The second-order valence-corrected chi connectivity index (χ2v) is 4.29. The van der Waals surface area contributed by atoms with Crippen molar-refractivity contribution in [3.8, 4) is 5.75 Å². The Kier molecular flexibility index (Phi) is 5.44. The van der Waals surface area contributed by atoms with Crippen molar-refractivity contribution in [2.24, 2.45) is 0 Å². The van der Waals surface area contributed by atoms with E-state index >= 15 is 0 Å². The van der Waals surface area contributed by atoms with Crippen molar-refractivity contribution in [3.05, 3.63) is 28.2 Å². The van der Waals surface area contributed by atoms with Gasteiger partial charge in [0, 0.05) is 0 Å². The lowest BCUT2D eigenvalue weighted by Crippen LogP contribution is -2.26. The van der Waals surface area contributed by atoms with Crippen molar-refractivity contribution in [2.75, 3.05) is 6.61 Å². The largest absolute Gasteiger partial charge is 0.478 e. The van der Waals surface area contributed by atoms with E-state index in [4.69, 9.17) is 14.6 Å². The highest BCUT2D eigenvalue weighted by Gasteiger charge is 2.16. The first-order chi connectivity index (χ1) is 8.08. The lowest BCUT2D eigenvalue weighted by molar-refractivity contribution is -0.150. The molecule has 0 amide bonds. The van der Waals surface area contributed by atoms with Crippen molar-refractivity contribution in [2.45, 2.75) is 26.6 Å². The molecule has 0 fully saturated rings. The van der Waals surface area contributed by atoms with Crippen LogP contribution < -0.4 is 4.74 Å². The Labute approximate surface area is 109 Å². The van der Waals surface area contributed by atoms with Gasteiger partial charge in [-0.2, -0.15) is 0 Å². The molecule has 17 heavy (non-hydrogen) atoms. The van der Waals surface area contributed by atoms with Crippen molar-refractivity contribution in [3.63, 3.8) is 0 Å². The third-order valence-corrected chi connectivity index (χ3v) is 2.72. The van der Waals surface area contributed by atoms with E-state index in [0.717, 1.165) is 5.56 Å². The van der Waals surface area contributed by atoms with Crippen molar-refractivity contribution < 1.29 is 19.4 Å². The summed E-state index contributed by atoms with van der Waals surface area (Å²) in [6.07, 6.45) is -0.661. The van der Waals surface area contributed by atoms with Gasteiger partial charge in [-0.25, -0.2) is 4.79 Å². The maximum absolute atomic E-state index is 11.4. The Morgan fingerprint density at radius 3 is 2.76 bits per heavy atom. The standard InChI is InChI=1S/C12H15BrO4/c1-3-16-12(15)8(2)17-11-5-4-9(7-14)6-10(11)13/h4-6,8,14H,3,7H2,1-2H3. The smallest absolute Gasteiger partial charge is 0.347 e. The van der Waals surface area contributed by atoms with E-state index in [-0.39, 0.29) is 6.61 Å². The average molecular weight is 303 g/mol. The molecule has 1 unspecified atom stereocenters. The molecule has 1 N–H and O–H groups in total. The van der Waals surface area contributed by atoms with E-state index < -0.39 is 12.1 Å². The molecule has 0 heterocycles. The topological polar surface area (TPSA) is 55.8 Å². The van der Waals surface area contributed by atoms with Crippen molar-refractivity contribution in [1.29, 1.82) is 0 Å². The van der Waals surface area contributed by atoms with Crippen LogP contribution in [0.4, 0.5) is 0 Å². The molecule has 0 aromatic heterocycles. The number of rotatable bonds is 5. The van der Waals surface area contributed by atoms with Gasteiger partial charge in [0.25, 0.3) is 0 Å². The molecule has 1 aromatic carbocycles. The maximum Gasteiger partial charge on any atom is 0.347 e. The first-order valence-corrected chi connectivity index (χ1v) is 6.10. The highest BCUT2D eigenvalue weighted by molar-refractivity contribution is 9.10. The average Bonchev–Trinajstić information content (AvgIpc) is 2.31. The number of halogens is 1. The summed E-state index contributed by atoms with van der Waals surface area (Å²) in [6.45, 7) is 3.67. The number of benzene rings is 1. The summed E-state index contributed by atoms with van der Waals surface area (Å²) >= 11 is 3.32. The van der Waals surface area contributed by atoms with E-state index in [1.807, 2.05) is 0 Å². The number of esters is 1. The molecule has 0 spiro atoms. The van der Waals surface area contributed by atoms with Crippen LogP contribution in [0.5, 0.6) is 5.75 Å². The third kappa shape index (κ3) is 4.02. The van der Waals surface area contributed by atoms with Crippen LogP contribution in [0.3, 0.4) is 0 Å². The number of carbonyl (C=O) groups is 1. The minimum atomic E-state index is -0.661. The van der Waals surface area contributed by atoms with Crippen molar-refractivity contribution >= 4 is 21.9 Å². The van der Waals surface area contributed by atoms with Gasteiger partial charge in [0.15, 0.2) is 6.10 Å². The number of carbonyl (C=O) groups excluding carboxylic acids is 1. The fourth-order valence-corrected chi connectivity index (χ4v) is 1.76. The molecular weight excluding hydrogens is 288 g/mol. The molecule has 0 saturated carbocycles. The van der Waals surface area contributed by atoms with Gasteiger partial charge in [0.1, 0.15) is 5.75 Å². The van der Waals surface area contributed by atoms with Gasteiger partial charge < -0.3 is 14.6 Å². The zero-order chi connectivity index (χ0) is 12.8. The van der Waals surface area contributed by atoms with Crippen LogP contribution in [-0.2, 0) is 16.1 Å². The fraction of sp³-hybridized carbons (Fsp3) is 0.417. The Balaban J connectivity index is 2.71. The van der Waals surface area contributed by atoms with Gasteiger partial charge in [-0.3, -0.25) is 0 Å². The predicted molar refractivity (Wildman–Crippen MR) is 66.8 cm³/mol. The molecule has 4 nitrogen and oxygen atoms in total. The van der Waals surface area contributed by atoms with Crippen molar-refractivity contribution in [1.82, 2.24) is 0 Å². The third-order valence-electron chi connectivity index (χ3n) is 2.10. The number of aliphatic hydroxyl groups is 1. The van der Waals surface area contributed by atoms with Crippen LogP contribution in [0, 0.1) is 0 Å². The van der Waals surface area contributed by atoms with Crippen LogP contribution >= 0.6 is 15.9 Å². The highest BCUT2D eigenvalue weighted by atomic mass is 79.9. The van der Waals surface area contributed by atoms with Crippen LogP contribution in [0.1, 0.15) is 19.4 Å². The Morgan fingerprint density at radius 2 is 2.24 bits per heavy atom. The first kappa shape index (κ1) is 14.0. The van der Waals surface area contributed by atoms with E-state index in [9.17, 15) is 4.79 Å². The monoisotopic (exact) mass is 302 g/mol. The Hall–Kier alpha value is -1.07. The van der Waals surface area contributed by atoms with E-state index in [1.54, 1.807) is 32.0 Å². The molecule has 1 aromatic rings. The summed E-state index contributed by atoms with van der Waals surface area (Å²) in [7, 11) is 0. The number of aliphatic hydroxyl groups excluding tert-OH is 1. The quantitative estimate of drug-likeness (QED) is 0.848. The van der Waals surface area contributed by atoms with E-state index in [0.29, 0.717) is 16.8 Å². The molecule has 94 valence electrons. The summed E-state index contributed by atoms with van der Waals surface area (Å²) in [5.74, 6) is 0.147. The molecule has 0 radical (unpaired) electrons. The fourth-order valence-electron chi connectivity index (χ4n) is 1.24. The SMILES string of the molecule is CCOC(=O)C(C)Oc1ccc(CO)cc1Br. The van der Waals surface area contributed by atoms with Crippen LogP contribution in [0.2, 0.25) is 0 Å². The van der Waals surface area contributed by atoms with Crippen LogP contribution in [-0.4, -0.2) is 23.8 Å². The van der Waals surface area contributed by atoms with Gasteiger partial charge in [-0.15, -0.1) is 0 Å². The molecule has 0 aliphatic carbocycles. The summed E-state index contributed by atoms with van der Waals surface area (Å²) in [5.41, 5.74) is 0.771. The van der Waals surface area contributed by atoms with Crippen LogP contribution in [0.15, 0.2) is 22.7 Å². The first-order valence-electron chi connectivity index (χ1n) is 5.31.